The first-order chi connectivity index (χ1) is 12.1. The van der Waals surface area contributed by atoms with E-state index in [2.05, 4.69) is 0 Å². The minimum Gasteiger partial charge on any atom is -0.294 e. The molecule has 0 radical (unpaired) electrons. The van der Waals surface area contributed by atoms with E-state index in [1.54, 1.807) is 0 Å². The molecule has 2 rings (SSSR count). The van der Waals surface area contributed by atoms with Crippen molar-refractivity contribution in [3.05, 3.63) is 60.8 Å². The van der Waals surface area contributed by atoms with Crippen molar-refractivity contribution in [1.29, 1.82) is 0 Å². The maximum atomic E-state index is 13.9. The summed E-state index contributed by atoms with van der Waals surface area (Å²) in [6.07, 6.45) is -6.63. The largest absolute Gasteiger partial charge is 0.460 e. The van der Waals surface area contributed by atoms with Gasteiger partial charge in [0.15, 0.2) is 0 Å². The Balaban J connectivity index is 2.82. The Hall–Kier alpha value is -2.01. The molecule has 0 aliphatic carbocycles. The molecular formula is C14H7Cl2F7N2O2. The summed E-state index contributed by atoms with van der Waals surface area (Å²) < 4.78 is 91.4. The van der Waals surface area contributed by atoms with Crippen LogP contribution >= 0.6 is 23.2 Å². The van der Waals surface area contributed by atoms with Crippen molar-refractivity contribution in [3.63, 3.8) is 0 Å². The number of hydrogen-bond acceptors (Lipinski definition) is 2. The van der Waals surface area contributed by atoms with Crippen LogP contribution in [0.3, 0.4) is 0 Å². The Morgan fingerprint density at radius 2 is 1.52 bits per heavy atom. The molecule has 0 spiro atoms. The van der Waals surface area contributed by atoms with Crippen LogP contribution in [0.5, 0.6) is 0 Å². The van der Waals surface area contributed by atoms with Crippen LogP contribution in [0.2, 0.25) is 10.0 Å². The van der Waals surface area contributed by atoms with Crippen LogP contribution in [0.15, 0.2) is 33.9 Å². The molecule has 148 valence electrons. The fourth-order valence-corrected chi connectivity index (χ4v) is 2.53. The topological polar surface area (TPSA) is 44.0 Å². The quantitative estimate of drug-likeness (QED) is 0.676. The standard InChI is InChI=1S/C14H7Cl2F7N2O2/c1-24-8(12(17,18)13(19,20)14(21,22)23)5-9(26)25(11(24)27)7-4-2-3-6(15)10(7)16/h2-5H,1H3. The summed E-state index contributed by atoms with van der Waals surface area (Å²) in [7, 11) is 0.506. The van der Waals surface area contributed by atoms with Crippen LogP contribution < -0.4 is 11.2 Å². The van der Waals surface area contributed by atoms with E-state index >= 15 is 0 Å². The molecule has 2 aromatic rings. The molecule has 0 unspecified atom stereocenters. The van der Waals surface area contributed by atoms with Gasteiger partial charge in [0.1, 0.15) is 5.69 Å². The molecule has 0 N–H and O–H groups in total. The highest BCUT2D eigenvalue weighted by Gasteiger charge is 2.74. The number of alkyl halides is 7. The monoisotopic (exact) mass is 438 g/mol. The molecule has 0 saturated heterocycles. The van der Waals surface area contributed by atoms with Crippen LogP contribution in [0.1, 0.15) is 5.69 Å². The number of benzene rings is 1. The number of rotatable bonds is 3. The SMILES string of the molecule is Cn1c(C(F)(F)C(F)(F)C(F)(F)F)cc(=O)n(-c2cccc(Cl)c2Cl)c1=O. The van der Waals surface area contributed by atoms with E-state index in [9.17, 15) is 40.3 Å². The minimum atomic E-state index is -6.63. The van der Waals surface area contributed by atoms with Crippen LogP contribution in [-0.2, 0) is 13.0 Å². The van der Waals surface area contributed by atoms with Crippen LogP contribution in [0.4, 0.5) is 30.7 Å². The highest BCUT2D eigenvalue weighted by Crippen LogP contribution is 2.51. The van der Waals surface area contributed by atoms with E-state index in [0.29, 0.717) is 7.05 Å². The van der Waals surface area contributed by atoms with Crippen molar-refractivity contribution in [2.75, 3.05) is 0 Å². The van der Waals surface area contributed by atoms with E-state index in [0.717, 1.165) is 6.07 Å². The average Bonchev–Trinajstić information content (AvgIpc) is 2.53. The molecule has 1 aromatic heterocycles. The van der Waals surface area contributed by atoms with Gasteiger partial charge in [-0.25, -0.2) is 9.36 Å². The lowest BCUT2D eigenvalue weighted by Gasteiger charge is -2.29. The van der Waals surface area contributed by atoms with Gasteiger partial charge in [0.05, 0.1) is 15.7 Å². The lowest BCUT2D eigenvalue weighted by Crippen LogP contribution is -2.53. The first-order valence-electron chi connectivity index (χ1n) is 6.75. The van der Waals surface area contributed by atoms with Gasteiger partial charge in [-0.05, 0) is 12.1 Å². The first kappa shape index (κ1) is 21.3. The van der Waals surface area contributed by atoms with Crippen molar-refractivity contribution < 1.29 is 30.7 Å². The minimum absolute atomic E-state index is 0.124. The van der Waals surface area contributed by atoms with Gasteiger partial charge in [-0.3, -0.25) is 9.36 Å². The van der Waals surface area contributed by atoms with Gasteiger partial charge in [0, 0.05) is 13.1 Å². The smallest absolute Gasteiger partial charge is 0.294 e. The maximum Gasteiger partial charge on any atom is 0.460 e. The zero-order valence-electron chi connectivity index (χ0n) is 12.9. The lowest BCUT2D eigenvalue weighted by molar-refractivity contribution is -0.361. The number of aromatic nitrogens is 2. The second kappa shape index (κ2) is 6.55. The number of hydrogen-bond donors (Lipinski definition) is 0. The predicted octanol–water partition coefficient (Wildman–Crippen LogP) is 4.13. The van der Waals surface area contributed by atoms with Gasteiger partial charge < -0.3 is 0 Å². The second-order valence-corrected chi connectivity index (χ2v) is 6.05. The molecule has 0 bridgehead atoms. The summed E-state index contributed by atoms with van der Waals surface area (Å²) in [6.45, 7) is 0. The van der Waals surface area contributed by atoms with Crippen LogP contribution in [-0.4, -0.2) is 21.2 Å². The van der Waals surface area contributed by atoms with Crippen molar-refractivity contribution >= 4 is 23.2 Å². The summed E-state index contributed by atoms with van der Waals surface area (Å²) in [5, 5.41) is -0.459. The number of nitrogens with zero attached hydrogens (tertiary/aromatic N) is 2. The molecule has 0 aliphatic heterocycles. The predicted molar refractivity (Wildman–Crippen MR) is 82.2 cm³/mol. The molecular weight excluding hydrogens is 432 g/mol. The van der Waals surface area contributed by atoms with E-state index < -0.39 is 35.0 Å². The Labute approximate surface area is 155 Å². The van der Waals surface area contributed by atoms with E-state index in [4.69, 9.17) is 23.2 Å². The zero-order valence-corrected chi connectivity index (χ0v) is 14.4. The summed E-state index contributed by atoms with van der Waals surface area (Å²) in [5.41, 5.74) is -5.71. The van der Waals surface area contributed by atoms with Gasteiger partial charge in [-0.15, -0.1) is 0 Å². The summed E-state index contributed by atoms with van der Waals surface area (Å²) in [6, 6.07) is 3.42. The normalized spacial score (nSPS) is 13.1. The van der Waals surface area contributed by atoms with Gasteiger partial charge >= 0.3 is 23.7 Å². The third kappa shape index (κ3) is 3.22. The van der Waals surface area contributed by atoms with E-state index in [-0.39, 0.29) is 30.9 Å². The van der Waals surface area contributed by atoms with Crippen molar-refractivity contribution in [1.82, 2.24) is 9.13 Å². The van der Waals surface area contributed by atoms with Gasteiger partial charge in [-0.2, -0.15) is 30.7 Å². The number of halogens is 9. The molecule has 0 fully saturated rings. The molecule has 1 aromatic carbocycles. The zero-order chi connectivity index (χ0) is 20.9. The molecule has 0 amide bonds. The van der Waals surface area contributed by atoms with Crippen molar-refractivity contribution in [3.8, 4) is 5.69 Å². The van der Waals surface area contributed by atoms with Crippen molar-refractivity contribution in [2.45, 2.75) is 18.0 Å². The summed E-state index contributed by atoms with van der Waals surface area (Å²) in [4.78, 5) is 24.4. The second-order valence-electron chi connectivity index (χ2n) is 5.26. The third-order valence-corrected chi connectivity index (χ3v) is 4.37. The Kier molecular flexibility index (Phi) is 5.17. The highest BCUT2D eigenvalue weighted by molar-refractivity contribution is 6.43. The average molecular weight is 439 g/mol. The molecule has 0 saturated carbocycles. The Morgan fingerprint density at radius 1 is 0.963 bits per heavy atom. The third-order valence-electron chi connectivity index (χ3n) is 3.56. The molecule has 0 atom stereocenters. The molecule has 4 nitrogen and oxygen atoms in total. The Morgan fingerprint density at radius 3 is 2.04 bits per heavy atom. The van der Waals surface area contributed by atoms with Gasteiger partial charge in [-0.1, -0.05) is 29.3 Å². The molecule has 13 heteroatoms. The van der Waals surface area contributed by atoms with E-state index in [1.165, 1.54) is 12.1 Å². The van der Waals surface area contributed by atoms with Gasteiger partial charge in [0.2, 0.25) is 0 Å². The highest BCUT2D eigenvalue weighted by atomic mass is 35.5. The fourth-order valence-electron chi connectivity index (χ4n) is 2.15. The molecule has 1 heterocycles. The molecule has 27 heavy (non-hydrogen) atoms. The van der Waals surface area contributed by atoms with E-state index in [1.807, 2.05) is 0 Å². The van der Waals surface area contributed by atoms with Crippen molar-refractivity contribution in [2.24, 2.45) is 7.05 Å². The van der Waals surface area contributed by atoms with Crippen LogP contribution in [0, 0.1) is 0 Å². The Bertz CT molecular complexity index is 1010. The van der Waals surface area contributed by atoms with Crippen LogP contribution in [0.25, 0.3) is 5.69 Å². The summed E-state index contributed by atoms with van der Waals surface area (Å²) >= 11 is 11.6. The summed E-state index contributed by atoms with van der Waals surface area (Å²) in [5.74, 6) is -12.4. The molecule has 0 aliphatic rings. The lowest BCUT2D eigenvalue weighted by atomic mass is 10.1. The fraction of sp³-hybridized carbons (Fsp3) is 0.286. The van der Waals surface area contributed by atoms with Gasteiger partial charge in [0.25, 0.3) is 5.56 Å². The maximum absolute atomic E-state index is 13.9. The first-order valence-corrected chi connectivity index (χ1v) is 7.50.